The van der Waals surface area contributed by atoms with Crippen LogP contribution in [-0.4, -0.2) is 43.3 Å². The number of rotatable bonds is 7. The van der Waals surface area contributed by atoms with E-state index in [1.165, 1.54) is 18.1 Å². The quantitative estimate of drug-likeness (QED) is 0.462. The number of fused-ring (bicyclic) bond motifs is 1. The van der Waals surface area contributed by atoms with Gasteiger partial charge in [0.15, 0.2) is 23.0 Å². The maximum absolute atomic E-state index is 14.3. The summed E-state index contributed by atoms with van der Waals surface area (Å²) in [6.45, 7) is 2.78. The van der Waals surface area contributed by atoms with Gasteiger partial charge in [0, 0.05) is 17.3 Å². The largest absolute Gasteiger partial charge is 0.504 e. The van der Waals surface area contributed by atoms with Crippen LogP contribution in [0.25, 0.3) is 0 Å². The minimum atomic E-state index is -1.02. The number of hydrogen-bond acceptors (Lipinski definition) is 6. The Bertz CT molecular complexity index is 1330. The third kappa shape index (κ3) is 5.25. The molecule has 8 heteroatoms. The number of carbonyl (C=O) groups excluding carboxylic acids is 2. The predicted octanol–water partition coefficient (Wildman–Crippen LogP) is 4.93. The molecule has 0 bridgehead atoms. The van der Waals surface area contributed by atoms with Crippen molar-refractivity contribution in [3.63, 3.8) is 0 Å². The molecule has 0 spiro atoms. The highest BCUT2D eigenvalue weighted by Gasteiger charge is 2.36. The Morgan fingerprint density at radius 2 is 1.76 bits per heavy atom. The van der Waals surface area contributed by atoms with Crippen LogP contribution in [0.3, 0.4) is 0 Å². The number of amides is 2. The maximum atomic E-state index is 14.3. The summed E-state index contributed by atoms with van der Waals surface area (Å²) in [6, 6.07) is 16.3. The number of methoxy groups -OCH3 is 1. The summed E-state index contributed by atoms with van der Waals surface area (Å²) in [5, 5.41) is 13.4. The number of phenolic OH excluding ortho intramolecular Hbond substituents is 1. The lowest BCUT2D eigenvalue weighted by Gasteiger charge is -2.33. The van der Waals surface area contributed by atoms with Gasteiger partial charge in [-0.25, -0.2) is 0 Å². The van der Waals surface area contributed by atoms with Gasteiger partial charge in [-0.1, -0.05) is 31.0 Å². The minimum absolute atomic E-state index is 0.0489. The molecule has 0 unspecified atom stereocenters. The second-order valence-electron chi connectivity index (χ2n) is 9.70. The van der Waals surface area contributed by atoms with Crippen molar-refractivity contribution in [3.8, 4) is 23.0 Å². The van der Waals surface area contributed by atoms with Gasteiger partial charge < -0.3 is 24.6 Å². The molecule has 0 aromatic heterocycles. The summed E-state index contributed by atoms with van der Waals surface area (Å²) >= 11 is 0. The molecule has 3 aromatic carbocycles. The zero-order chi connectivity index (χ0) is 26.6. The van der Waals surface area contributed by atoms with Crippen molar-refractivity contribution in [2.45, 2.75) is 44.7 Å². The van der Waals surface area contributed by atoms with Gasteiger partial charge in [-0.15, -0.1) is 0 Å². The standard InChI is InChI=1S/C30H32N2O6/c1-19-6-5-9-23(16-19)32(30(35)21-11-13-25-27(18-21)38-15-14-37-25)28(29(34)31-22-7-3-4-8-22)20-10-12-24(33)26(17-20)36-2/h5-6,9-13,16-18,22,28,33H,3-4,7-8,14-15H2,1-2H3,(H,31,34)/t28-/m0/s1. The van der Waals surface area contributed by atoms with Crippen LogP contribution in [0.5, 0.6) is 23.0 Å². The maximum Gasteiger partial charge on any atom is 0.259 e. The van der Waals surface area contributed by atoms with E-state index in [4.69, 9.17) is 14.2 Å². The van der Waals surface area contributed by atoms with Crippen LogP contribution in [0.4, 0.5) is 5.69 Å². The first-order chi connectivity index (χ1) is 18.4. The molecular formula is C30H32N2O6. The molecule has 1 aliphatic carbocycles. The molecule has 5 rings (SSSR count). The van der Waals surface area contributed by atoms with E-state index < -0.39 is 6.04 Å². The molecule has 2 N–H and O–H groups in total. The predicted molar refractivity (Wildman–Crippen MR) is 143 cm³/mol. The lowest BCUT2D eigenvalue weighted by molar-refractivity contribution is -0.123. The molecule has 0 saturated heterocycles. The smallest absolute Gasteiger partial charge is 0.259 e. The number of nitrogens with one attached hydrogen (secondary N) is 1. The number of anilines is 1. The number of ether oxygens (including phenoxy) is 3. The van der Waals surface area contributed by atoms with E-state index in [0.717, 1.165) is 31.2 Å². The van der Waals surface area contributed by atoms with E-state index in [2.05, 4.69) is 5.32 Å². The fraction of sp³-hybridized carbons (Fsp3) is 0.333. The van der Waals surface area contributed by atoms with Gasteiger partial charge in [0.2, 0.25) is 5.91 Å². The summed E-state index contributed by atoms with van der Waals surface area (Å²) in [4.78, 5) is 29.8. The fourth-order valence-electron chi connectivity index (χ4n) is 5.11. The zero-order valence-corrected chi connectivity index (χ0v) is 21.6. The number of benzene rings is 3. The molecule has 2 amide bonds. The van der Waals surface area contributed by atoms with Crippen molar-refractivity contribution in [1.82, 2.24) is 5.32 Å². The van der Waals surface area contributed by atoms with Gasteiger partial charge in [-0.2, -0.15) is 0 Å². The Hall–Kier alpha value is -4.20. The van der Waals surface area contributed by atoms with E-state index in [-0.39, 0.29) is 29.4 Å². The van der Waals surface area contributed by atoms with Gasteiger partial charge in [-0.05, 0) is 73.4 Å². The third-order valence-electron chi connectivity index (χ3n) is 7.02. The normalized spacial score (nSPS) is 15.5. The van der Waals surface area contributed by atoms with Crippen LogP contribution in [0.15, 0.2) is 60.7 Å². The fourth-order valence-corrected chi connectivity index (χ4v) is 5.11. The van der Waals surface area contributed by atoms with Crippen LogP contribution >= 0.6 is 0 Å². The average molecular weight is 517 g/mol. The third-order valence-corrected chi connectivity index (χ3v) is 7.02. The van der Waals surface area contributed by atoms with Crippen LogP contribution < -0.4 is 24.4 Å². The number of aromatic hydroxyl groups is 1. The summed E-state index contributed by atoms with van der Waals surface area (Å²) in [7, 11) is 1.45. The molecular weight excluding hydrogens is 484 g/mol. The molecule has 1 fully saturated rings. The van der Waals surface area contributed by atoms with Crippen molar-refractivity contribution in [3.05, 3.63) is 77.4 Å². The second-order valence-corrected chi connectivity index (χ2v) is 9.70. The van der Waals surface area contributed by atoms with Gasteiger partial charge in [0.25, 0.3) is 5.91 Å². The Morgan fingerprint density at radius 3 is 2.50 bits per heavy atom. The molecule has 1 atom stereocenters. The van der Waals surface area contributed by atoms with Gasteiger partial charge in [0.05, 0.1) is 7.11 Å². The molecule has 1 heterocycles. The van der Waals surface area contributed by atoms with Gasteiger partial charge in [-0.3, -0.25) is 14.5 Å². The van der Waals surface area contributed by atoms with Crippen LogP contribution in [0, 0.1) is 6.92 Å². The number of nitrogens with zero attached hydrogens (tertiary/aromatic N) is 1. The first-order valence-electron chi connectivity index (χ1n) is 12.9. The van der Waals surface area contributed by atoms with Crippen molar-refractivity contribution in [2.75, 3.05) is 25.2 Å². The molecule has 3 aromatic rings. The minimum Gasteiger partial charge on any atom is -0.504 e. The van der Waals surface area contributed by atoms with Crippen molar-refractivity contribution >= 4 is 17.5 Å². The summed E-state index contributed by atoms with van der Waals surface area (Å²) in [5.74, 6) is 0.574. The highest BCUT2D eigenvalue weighted by Crippen LogP contribution is 2.37. The number of hydrogen-bond donors (Lipinski definition) is 2. The molecule has 8 nitrogen and oxygen atoms in total. The van der Waals surface area contributed by atoms with Crippen LogP contribution in [-0.2, 0) is 4.79 Å². The molecule has 2 aliphatic rings. The SMILES string of the molecule is COc1cc([C@@H](C(=O)NC2CCCC2)N(C(=O)c2ccc3c(c2)OCCO3)c2cccc(C)c2)ccc1O. The summed E-state index contributed by atoms with van der Waals surface area (Å²) < 4.78 is 16.7. The molecule has 198 valence electrons. The summed E-state index contributed by atoms with van der Waals surface area (Å²) in [5.41, 5.74) is 2.40. The monoisotopic (exact) mass is 516 g/mol. The molecule has 38 heavy (non-hydrogen) atoms. The van der Waals surface area contributed by atoms with E-state index >= 15 is 0 Å². The number of phenols is 1. The number of aryl methyl sites for hydroxylation is 1. The van der Waals surface area contributed by atoms with E-state index in [0.29, 0.717) is 41.5 Å². The van der Waals surface area contributed by atoms with E-state index in [9.17, 15) is 14.7 Å². The average Bonchev–Trinajstić information content (AvgIpc) is 3.44. The second kappa shape index (κ2) is 11.0. The van der Waals surface area contributed by atoms with Gasteiger partial charge >= 0.3 is 0 Å². The molecule has 0 radical (unpaired) electrons. The number of carbonyl (C=O) groups is 2. The highest BCUT2D eigenvalue weighted by atomic mass is 16.6. The van der Waals surface area contributed by atoms with Crippen molar-refractivity contribution in [1.29, 1.82) is 0 Å². The van der Waals surface area contributed by atoms with Gasteiger partial charge in [0.1, 0.15) is 19.3 Å². The Kier molecular flexibility index (Phi) is 7.40. The topological polar surface area (TPSA) is 97.3 Å². The van der Waals surface area contributed by atoms with Crippen molar-refractivity contribution < 1.29 is 28.9 Å². The highest BCUT2D eigenvalue weighted by molar-refractivity contribution is 6.10. The molecule has 1 aliphatic heterocycles. The summed E-state index contributed by atoms with van der Waals surface area (Å²) in [6.07, 6.45) is 3.91. The Balaban J connectivity index is 1.63. The Morgan fingerprint density at radius 1 is 1.00 bits per heavy atom. The Labute approximate surface area is 222 Å². The lowest BCUT2D eigenvalue weighted by Crippen LogP contribution is -2.46. The first kappa shape index (κ1) is 25.4. The molecule has 1 saturated carbocycles. The van der Waals surface area contributed by atoms with E-state index in [1.54, 1.807) is 30.3 Å². The zero-order valence-electron chi connectivity index (χ0n) is 21.6. The van der Waals surface area contributed by atoms with Crippen LogP contribution in [0.1, 0.15) is 53.2 Å². The van der Waals surface area contributed by atoms with E-state index in [1.807, 2.05) is 31.2 Å². The first-order valence-corrected chi connectivity index (χ1v) is 12.9. The lowest BCUT2D eigenvalue weighted by atomic mass is 10.00. The van der Waals surface area contributed by atoms with Crippen LogP contribution in [0.2, 0.25) is 0 Å². The van der Waals surface area contributed by atoms with Crippen molar-refractivity contribution in [2.24, 2.45) is 0 Å².